The van der Waals surface area contributed by atoms with Crippen LogP contribution in [0.25, 0.3) is 11.4 Å². The zero-order valence-corrected chi connectivity index (χ0v) is 16.6. The topological polar surface area (TPSA) is 102 Å². The third kappa shape index (κ3) is 4.42. The van der Waals surface area contributed by atoms with Crippen LogP contribution in [0.3, 0.4) is 0 Å². The van der Waals surface area contributed by atoms with Gasteiger partial charge < -0.3 is 9.73 Å². The summed E-state index contributed by atoms with van der Waals surface area (Å²) in [4.78, 5) is 23.6. The second-order valence-corrected chi connectivity index (χ2v) is 7.40. The van der Waals surface area contributed by atoms with Crippen molar-refractivity contribution in [1.29, 1.82) is 0 Å². The Balaban J connectivity index is 1.90. The van der Waals surface area contributed by atoms with E-state index in [0.29, 0.717) is 17.5 Å². The normalized spacial score (nSPS) is 11.8. The number of hydrogen-bond donors (Lipinski definition) is 2. The summed E-state index contributed by atoms with van der Waals surface area (Å²) in [5.74, 6) is 1.000. The van der Waals surface area contributed by atoms with E-state index < -0.39 is 17.2 Å². The van der Waals surface area contributed by atoms with Crippen LogP contribution in [-0.2, 0) is 11.3 Å². The second kappa shape index (κ2) is 8.75. The number of carbonyl (C=O) groups is 2. The van der Waals surface area contributed by atoms with Crippen LogP contribution in [-0.4, -0.2) is 39.0 Å². The molecule has 8 nitrogen and oxygen atoms in total. The lowest BCUT2D eigenvalue weighted by Gasteiger charge is -2.13. The molecule has 0 radical (unpaired) electrons. The molecule has 0 saturated heterocycles. The third-order valence-electron chi connectivity index (χ3n) is 4.12. The zero-order chi connectivity index (χ0) is 20.1. The number of thioether (sulfide) groups is 1. The first-order valence-electron chi connectivity index (χ1n) is 8.70. The largest absolute Gasteiger partial charge is 0.469 e. The Morgan fingerprint density at radius 2 is 1.96 bits per heavy atom. The molecule has 9 heteroatoms. The van der Waals surface area contributed by atoms with Gasteiger partial charge in [-0.15, -0.1) is 10.2 Å². The minimum atomic E-state index is -0.544. The number of furan rings is 1. The van der Waals surface area contributed by atoms with Crippen LogP contribution in [0.15, 0.2) is 52.2 Å². The van der Waals surface area contributed by atoms with E-state index in [1.54, 1.807) is 13.2 Å². The van der Waals surface area contributed by atoms with Crippen molar-refractivity contribution < 1.29 is 14.0 Å². The summed E-state index contributed by atoms with van der Waals surface area (Å²) in [6.07, 6.45) is 1.61. The number of hydrogen-bond acceptors (Lipinski definition) is 6. The van der Waals surface area contributed by atoms with Crippen molar-refractivity contribution >= 4 is 23.7 Å². The fraction of sp³-hybridized carbons (Fsp3) is 0.263. The average molecular weight is 399 g/mol. The lowest BCUT2D eigenvalue weighted by Crippen LogP contribution is -2.41. The number of nitrogens with one attached hydrogen (secondary N) is 2. The van der Waals surface area contributed by atoms with Crippen molar-refractivity contribution in [1.82, 2.24) is 25.4 Å². The average Bonchev–Trinajstić information content (AvgIpc) is 3.28. The summed E-state index contributed by atoms with van der Waals surface area (Å²) in [5, 5.41) is 13.3. The van der Waals surface area contributed by atoms with E-state index >= 15 is 0 Å². The highest BCUT2D eigenvalue weighted by Gasteiger charge is 2.23. The van der Waals surface area contributed by atoms with Crippen LogP contribution in [0, 0.1) is 6.92 Å². The monoisotopic (exact) mass is 399 g/mol. The van der Waals surface area contributed by atoms with Crippen LogP contribution in [0.5, 0.6) is 0 Å². The number of rotatable bonds is 6. The number of benzene rings is 1. The second-order valence-electron chi connectivity index (χ2n) is 6.10. The van der Waals surface area contributed by atoms with Gasteiger partial charge in [-0.25, -0.2) is 4.79 Å². The zero-order valence-electron chi connectivity index (χ0n) is 15.8. The summed E-state index contributed by atoms with van der Waals surface area (Å²) in [6, 6.07) is 11.2. The Hall–Kier alpha value is -3.07. The molecule has 0 fully saturated rings. The molecule has 0 aliphatic carbocycles. The fourth-order valence-corrected chi connectivity index (χ4v) is 3.44. The molecule has 0 bridgehead atoms. The molecule has 28 heavy (non-hydrogen) atoms. The maximum absolute atomic E-state index is 12.2. The number of carbonyl (C=O) groups excluding carboxylic acids is 2. The van der Waals surface area contributed by atoms with Gasteiger partial charge in [0.1, 0.15) is 5.76 Å². The van der Waals surface area contributed by atoms with Crippen molar-refractivity contribution in [3.63, 3.8) is 0 Å². The van der Waals surface area contributed by atoms with Gasteiger partial charge in [-0.3, -0.25) is 14.7 Å². The van der Waals surface area contributed by atoms with Crippen molar-refractivity contribution in [3.8, 4) is 11.4 Å². The van der Waals surface area contributed by atoms with Gasteiger partial charge in [0, 0.05) is 7.05 Å². The maximum atomic E-state index is 12.2. The first-order chi connectivity index (χ1) is 13.5. The summed E-state index contributed by atoms with van der Waals surface area (Å²) in [5.41, 5.74) is 1.92. The van der Waals surface area contributed by atoms with Crippen LogP contribution in [0.2, 0.25) is 0 Å². The molecule has 3 aromatic rings. The summed E-state index contributed by atoms with van der Waals surface area (Å²) >= 11 is 1.24. The predicted molar refractivity (Wildman–Crippen MR) is 106 cm³/mol. The summed E-state index contributed by atoms with van der Waals surface area (Å²) in [7, 11) is 1.45. The van der Waals surface area contributed by atoms with E-state index in [-0.39, 0.29) is 0 Å². The van der Waals surface area contributed by atoms with Crippen LogP contribution < -0.4 is 10.6 Å². The number of imide groups is 1. The molecule has 1 aromatic carbocycles. The maximum Gasteiger partial charge on any atom is 0.321 e. The van der Waals surface area contributed by atoms with Crippen LogP contribution in [0.1, 0.15) is 18.2 Å². The van der Waals surface area contributed by atoms with Gasteiger partial charge in [0.25, 0.3) is 0 Å². The molecule has 0 unspecified atom stereocenters. The Morgan fingerprint density at radius 1 is 1.21 bits per heavy atom. The van der Waals surface area contributed by atoms with Crippen LogP contribution in [0.4, 0.5) is 4.79 Å². The molecule has 0 spiro atoms. The number of aromatic nitrogens is 3. The Kier molecular flexibility index (Phi) is 6.15. The lowest BCUT2D eigenvalue weighted by molar-refractivity contribution is -0.119. The third-order valence-corrected chi connectivity index (χ3v) is 5.20. The lowest BCUT2D eigenvalue weighted by atomic mass is 10.2. The molecular weight excluding hydrogens is 378 g/mol. The molecular formula is C19H21N5O3S. The van der Waals surface area contributed by atoms with E-state index in [1.807, 2.05) is 47.9 Å². The van der Waals surface area contributed by atoms with E-state index in [0.717, 1.165) is 16.9 Å². The Morgan fingerprint density at radius 3 is 2.61 bits per heavy atom. The molecule has 146 valence electrons. The molecule has 2 aromatic heterocycles. The predicted octanol–water partition coefficient (Wildman–Crippen LogP) is 2.83. The molecule has 2 heterocycles. The first-order valence-corrected chi connectivity index (χ1v) is 9.58. The van der Waals surface area contributed by atoms with Gasteiger partial charge >= 0.3 is 6.03 Å². The Bertz CT molecular complexity index is 967. The van der Waals surface area contributed by atoms with Gasteiger partial charge in [-0.05, 0) is 25.5 Å². The molecule has 0 aliphatic heterocycles. The minimum Gasteiger partial charge on any atom is -0.469 e. The highest BCUT2D eigenvalue weighted by Crippen LogP contribution is 2.29. The number of amides is 3. The van der Waals surface area contributed by atoms with Gasteiger partial charge in [0.05, 0.1) is 23.6 Å². The number of nitrogens with zero attached hydrogens (tertiary/aromatic N) is 3. The van der Waals surface area contributed by atoms with Crippen molar-refractivity contribution in [2.45, 2.75) is 30.8 Å². The van der Waals surface area contributed by atoms with Crippen molar-refractivity contribution in [2.24, 2.45) is 0 Å². The van der Waals surface area contributed by atoms with Crippen molar-refractivity contribution in [3.05, 3.63) is 54.0 Å². The first kappa shape index (κ1) is 19.7. The number of urea groups is 1. The molecule has 3 rings (SSSR count). The highest BCUT2D eigenvalue weighted by molar-refractivity contribution is 8.00. The summed E-state index contributed by atoms with van der Waals surface area (Å²) in [6.45, 7) is 4.12. The van der Waals surface area contributed by atoms with Crippen molar-refractivity contribution in [2.75, 3.05) is 7.05 Å². The molecule has 0 aliphatic rings. The van der Waals surface area contributed by atoms with E-state index in [4.69, 9.17) is 4.42 Å². The molecule has 1 atom stereocenters. The van der Waals surface area contributed by atoms with Gasteiger partial charge in [0.15, 0.2) is 11.0 Å². The highest BCUT2D eigenvalue weighted by atomic mass is 32.2. The van der Waals surface area contributed by atoms with E-state index in [2.05, 4.69) is 20.8 Å². The SMILES string of the molecule is CNC(=O)NC(=O)[C@H](C)Sc1nnc(-c2ccoc2C)n1Cc1ccccc1. The van der Waals surface area contributed by atoms with Gasteiger partial charge in [-0.2, -0.15) is 0 Å². The molecule has 2 N–H and O–H groups in total. The quantitative estimate of drug-likeness (QED) is 0.618. The molecule has 0 saturated carbocycles. The summed E-state index contributed by atoms with van der Waals surface area (Å²) < 4.78 is 7.36. The van der Waals surface area contributed by atoms with Gasteiger partial charge in [-0.1, -0.05) is 42.1 Å². The van der Waals surface area contributed by atoms with E-state index in [1.165, 1.54) is 18.8 Å². The number of aryl methyl sites for hydroxylation is 1. The standard InChI is InChI=1S/C19H21N5O3S/c1-12-15(9-10-27-12)16-22-23-19(24(16)11-14-7-5-4-6-8-14)28-13(2)17(25)21-18(26)20-3/h4-10,13H,11H2,1-3H3,(H2,20,21,25,26)/t13-/m0/s1. The Labute approximate surface area is 166 Å². The minimum absolute atomic E-state index is 0.403. The van der Waals surface area contributed by atoms with Gasteiger partial charge in [0.2, 0.25) is 5.91 Å². The fourth-order valence-electron chi connectivity index (χ4n) is 2.59. The smallest absolute Gasteiger partial charge is 0.321 e. The molecule has 3 amide bonds. The van der Waals surface area contributed by atoms with Crippen LogP contribution >= 0.6 is 11.8 Å². The van der Waals surface area contributed by atoms with E-state index in [9.17, 15) is 9.59 Å².